The van der Waals surface area contributed by atoms with Gasteiger partial charge in [0.25, 0.3) is 0 Å². The van der Waals surface area contributed by atoms with Gasteiger partial charge in [-0.3, -0.25) is 9.37 Å². The number of nitrogens with two attached hydrogens (primary N) is 1. The van der Waals surface area contributed by atoms with Gasteiger partial charge in [0.1, 0.15) is 0 Å². The van der Waals surface area contributed by atoms with Crippen LogP contribution in [0.3, 0.4) is 0 Å². The number of para-hydroxylation sites is 1. The third-order valence-corrected chi connectivity index (χ3v) is 2.42. The number of fused-ring (bicyclic) bond motifs is 1. The molecular formula is C12H13FN2. The fraction of sp³-hybridized carbons (Fsp3) is 0.250. The summed E-state index contributed by atoms with van der Waals surface area (Å²) in [7, 11) is 0. The average Bonchev–Trinajstić information content (AvgIpc) is 2.29. The maximum absolute atomic E-state index is 12.1. The first kappa shape index (κ1) is 10.1. The number of nitrogens with zero attached hydrogens (tertiary/aromatic N) is 1. The molecule has 78 valence electrons. The van der Waals surface area contributed by atoms with Gasteiger partial charge < -0.3 is 5.73 Å². The number of pyridine rings is 1. The van der Waals surface area contributed by atoms with Crippen molar-refractivity contribution >= 4 is 10.9 Å². The lowest BCUT2D eigenvalue weighted by Gasteiger charge is -2.09. The second-order valence-electron chi connectivity index (χ2n) is 3.51. The van der Waals surface area contributed by atoms with Crippen LogP contribution in [0.5, 0.6) is 0 Å². The number of rotatable bonds is 3. The number of benzene rings is 1. The third kappa shape index (κ3) is 2.13. The molecule has 1 heterocycles. The summed E-state index contributed by atoms with van der Waals surface area (Å²) in [5.41, 5.74) is 7.46. The maximum atomic E-state index is 12.1. The van der Waals surface area contributed by atoms with Gasteiger partial charge in [0, 0.05) is 11.4 Å². The maximum Gasteiger partial charge on any atom is 0.0913 e. The predicted octanol–water partition coefficient (Wildman–Crippen LogP) is 2.59. The Morgan fingerprint density at radius 1 is 1.20 bits per heavy atom. The topological polar surface area (TPSA) is 38.9 Å². The lowest BCUT2D eigenvalue weighted by Crippen LogP contribution is -2.12. The van der Waals surface area contributed by atoms with Gasteiger partial charge >= 0.3 is 0 Å². The van der Waals surface area contributed by atoms with Crippen LogP contribution in [0.25, 0.3) is 10.9 Å². The smallest absolute Gasteiger partial charge is 0.0913 e. The summed E-state index contributed by atoms with van der Waals surface area (Å²) in [5, 5.41) is 1.08. The lowest BCUT2D eigenvalue weighted by molar-refractivity contribution is 0.439. The molecule has 0 aliphatic rings. The van der Waals surface area contributed by atoms with Crippen molar-refractivity contribution in [3.8, 4) is 0 Å². The number of halogens is 1. The summed E-state index contributed by atoms with van der Waals surface area (Å²) in [6.07, 6.45) is 0.325. The molecule has 0 aliphatic heterocycles. The van der Waals surface area contributed by atoms with Gasteiger partial charge in [0.15, 0.2) is 0 Å². The van der Waals surface area contributed by atoms with E-state index < -0.39 is 6.67 Å². The highest BCUT2D eigenvalue weighted by Gasteiger charge is 2.07. The molecule has 0 aliphatic carbocycles. The van der Waals surface area contributed by atoms with Crippen LogP contribution in [0, 0.1) is 0 Å². The minimum absolute atomic E-state index is 0.306. The van der Waals surface area contributed by atoms with E-state index in [0.717, 1.165) is 16.6 Å². The van der Waals surface area contributed by atoms with Crippen molar-refractivity contribution in [1.82, 2.24) is 4.98 Å². The molecule has 0 radical (unpaired) electrons. The van der Waals surface area contributed by atoms with Crippen LogP contribution in [-0.4, -0.2) is 11.7 Å². The first-order valence-electron chi connectivity index (χ1n) is 4.98. The van der Waals surface area contributed by atoms with E-state index in [1.807, 2.05) is 36.4 Å². The van der Waals surface area contributed by atoms with Gasteiger partial charge in [-0.15, -0.1) is 0 Å². The Hall–Kier alpha value is -1.48. The fourth-order valence-corrected chi connectivity index (χ4v) is 1.55. The first-order valence-corrected chi connectivity index (χ1v) is 4.98. The van der Waals surface area contributed by atoms with Crippen molar-refractivity contribution in [2.24, 2.45) is 5.73 Å². The standard InChI is InChI=1S/C12H13FN2/c13-8-7-10(14)12-6-5-9-3-1-2-4-11(9)15-12/h1-6,10H,7-8,14H2/t10-/m1/s1. The zero-order valence-corrected chi connectivity index (χ0v) is 8.36. The Morgan fingerprint density at radius 2 is 2.00 bits per heavy atom. The predicted molar refractivity (Wildman–Crippen MR) is 59.3 cm³/mol. The molecule has 2 nitrogen and oxygen atoms in total. The summed E-state index contributed by atoms with van der Waals surface area (Å²) in [6.45, 7) is -0.407. The zero-order chi connectivity index (χ0) is 10.7. The largest absolute Gasteiger partial charge is 0.323 e. The van der Waals surface area contributed by atoms with Crippen LogP contribution in [0.15, 0.2) is 36.4 Å². The van der Waals surface area contributed by atoms with Crippen molar-refractivity contribution in [1.29, 1.82) is 0 Å². The Balaban J connectivity index is 2.38. The monoisotopic (exact) mass is 204 g/mol. The molecule has 1 aromatic heterocycles. The molecular weight excluding hydrogens is 191 g/mol. The zero-order valence-electron chi connectivity index (χ0n) is 8.36. The van der Waals surface area contributed by atoms with Crippen LogP contribution < -0.4 is 5.73 Å². The van der Waals surface area contributed by atoms with Crippen LogP contribution in [0.4, 0.5) is 4.39 Å². The molecule has 0 amide bonds. The van der Waals surface area contributed by atoms with E-state index in [2.05, 4.69) is 4.98 Å². The second kappa shape index (κ2) is 4.36. The van der Waals surface area contributed by atoms with Gasteiger partial charge in [-0.05, 0) is 18.6 Å². The molecule has 15 heavy (non-hydrogen) atoms. The molecule has 1 atom stereocenters. The van der Waals surface area contributed by atoms with E-state index >= 15 is 0 Å². The van der Waals surface area contributed by atoms with Crippen molar-refractivity contribution in [3.05, 3.63) is 42.1 Å². The van der Waals surface area contributed by atoms with Crippen molar-refractivity contribution < 1.29 is 4.39 Å². The molecule has 0 saturated carbocycles. The number of aromatic nitrogens is 1. The Kier molecular flexibility index (Phi) is 2.92. The fourth-order valence-electron chi connectivity index (χ4n) is 1.55. The summed E-state index contributed by atoms with van der Waals surface area (Å²) < 4.78 is 12.1. The second-order valence-corrected chi connectivity index (χ2v) is 3.51. The summed E-state index contributed by atoms with van der Waals surface area (Å²) in [4.78, 5) is 4.40. The molecule has 2 N–H and O–H groups in total. The van der Waals surface area contributed by atoms with E-state index in [1.165, 1.54) is 0 Å². The highest BCUT2D eigenvalue weighted by atomic mass is 19.1. The van der Waals surface area contributed by atoms with Crippen molar-refractivity contribution in [2.75, 3.05) is 6.67 Å². The van der Waals surface area contributed by atoms with Gasteiger partial charge in [-0.1, -0.05) is 24.3 Å². The highest BCUT2D eigenvalue weighted by molar-refractivity contribution is 5.78. The summed E-state index contributed by atoms with van der Waals surface area (Å²) >= 11 is 0. The molecule has 0 spiro atoms. The number of hydrogen-bond acceptors (Lipinski definition) is 2. The van der Waals surface area contributed by atoms with Gasteiger partial charge in [0.05, 0.1) is 17.9 Å². The van der Waals surface area contributed by atoms with Gasteiger partial charge in [-0.25, -0.2) is 0 Å². The Morgan fingerprint density at radius 3 is 2.80 bits per heavy atom. The van der Waals surface area contributed by atoms with E-state index in [-0.39, 0.29) is 6.04 Å². The SMILES string of the molecule is N[C@H](CCF)c1ccc2ccccc2n1. The van der Waals surface area contributed by atoms with Crippen LogP contribution in [0.1, 0.15) is 18.2 Å². The first-order chi connectivity index (χ1) is 7.31. The summed E-state index contributed by atoms with van der Waals surface area (Å²) in [5.74, 6) is 0. The molecule has 1 aromatic carbocycles. The van der Waals surface area contributed by atoms with E-state index in [4.69, 9.17) is 5.73 Å². The van der Waals surface area contributed by atoms with Gasteiger partial charge in [0.2, 0.25) is 0 Å². The van der Waals surface area contributed by atoms with Gasteiger partial charge in [-0.2, -0.15) is 0 Å². The minimum Gasteiger partial charge on any atom is -0.323 e. The quantitative estimate of drug-likeness (QED) is 0.834. The third-order valence-electron chi connectivity index (χ3n) is 2.42. The number of alkyl halides is 1. The molecule has 3 heteroatoms. The van der Waals surface area contributed by atoms with Crippen LogP contribution >= 0.6 is 0 Å². The minimum atomic E-state index is -0.407. The Bertz CT molecular complexity index is 456. The normalized spacial score (nSPS) is 12.9. The van der Waals surface area contributed by atoms with E-state index in [1.54, 1.807) is 0 Å². The van der Waals surface area contributed by atoms with Crippen LogP contribution in [0.2, 0.25) is 0 Å². The number of hydrogen-bond donors (Lipinski definition) is 1. The molecule has 0 fully saturated rings. The average molecular weight is 204 g/mol. The molecule has 0 unspecified atom stereocenters. The van der Waals surface area contributed by atoms with Crippen LogP contribution in [-0.2, 0) is 0 Å². The van der Waals surface area contributed by atoms with Crippen molar-refractivity contribution in [3.63, 3.8) is 0 Å². The lowest BCUT2D eigenvalue weighted by atomic mass is 10.1. The van der Waals surface area contributed by atoms with E-state index in [9.17, 15) is 4.39 Å². The van der Waals surface area contributed by atoms with Crippen molar-refractivity contribution in [2.45, 2.75) is 12.5 Å². The van der Waals surface area contributed by atoms with E-state index in [0.29, 0.717) is 6.42 Å². The molecule has 2 aromatic rings. The summed E-state index contributed by atoms with van der Waals surface area (Å²) in [6, 6.07) is 11.3. The molecule has 0 saturated heterocycles. The highest BCUT2D eigenvalue weighted by Crippen LogP contribution is 2.17. The Labute approximate surface area is 87.9 Å². The molecule has 2 rings (SSSR count). The molecule has 0 bridgehead atoms.